The Labute approximate surface area is 127 Å². The van der Waals surface area contributed by atoms with E-state index in [1.54, 1.807) is 36.4 Å². The number of hydrogen-bond acceptors (Lipinski definition) is 3. The third-order valence-electron chi connectivity index (χ3n) is 3.05. The van der Waals surface area contributed by atoms with Crippen LogP contribution in [0.1, 0.15) is 5.56 Å². The summed E-state index contributed by atoms with van der Waals surface area (Å²) in [5.41, 5.74) is 2.32. The lowest BCUT2D eigenvalue weighted by atomic mass is 10.1. The zero-order valence-corrected chi connectivity index (χ0v) is 13.2. The van der Waals surface area contributed by atoms with E-state index in [4.69, 9.17) is 16.3 Å². The van der Waals surface area contributed by atoms with Crippen molar-refractivity contribution in [3.8, 4) is 17.0 Å². The first-order valence-electron chi connectivity index (χ1n) is 6.13. The standard InChI is InChI=1S/C15H16ClNO2S/c1-10-4-7-14(17(2)15(10)18)12-6-5-11(8-13(12)16)19-9-20-3/h4-8H,9H2,1-3H3. The summed E-state index contributed by atoms with van der Waals surface area (Å²) in [7, 11) is 1.75. The Kier molecular flexibility index (Phi) is 4.78. The van der Waals surface area contributed by atoms with Crippen molar-refractivity contribution in [2.24, 2.45) is 7.05 Å². The Morgan fingerprint density at radius 1 is 1.30 bits per heavy atom. The first kappa shape index (κ1) is 15.0. The molecule has 0 radical (unpaired) electrons. The largest absolute Gasteiger partial charge is 0.483 e. The van der Waals surface area contributed by atoms with Crippen LogP contribution in [0.25, 0.3) is 11.3 Å². The molecule has 0 spiro atoms. The predicted octanol–water partition coefficient (Wildman–Crippen LogP) is 3.71. The highest BCUT2D eigenvalue weighted by Gasteiger charge is 2.10. The number of thioether (sulfide) groups is 1. The molecule has 0 aliphatic rings. The van der Waals surface area contributed by atoms with Gasteiger partial charge in [-0.05, 0) is 37.4 Å². The molecule has 0 unspecified atom stereocenters. The summed E-state index contributed by atoms with van der Waals surface area (Å²) in [5.74, 6) is 1.31. The van der Waals surface area contributed by atoms with Crippen molar-refractivity contribution >= 4 is 23.4 Å². The number of pyridine rings is 1. The molecule has 3 nitrogen and oxygen atoms in total. The summed E-state index contributed by atoms with van der Waals surface area (Å²) in [5, 5.41) is 0.572. The molecule has 0 atom stereocenters. The van der Waals surface area contributed by atoms with Crippen LogP contribution in [0, 0.1) is 6.92 Å². The summed E-state index contributed by atoms with van der Waals surface area (Å²) in [6, 6.07) is 9.23. The molecule has 2 rings (SSSR count). The maximum absolute atomic E-state index is 12.0. The van der Waals surface area contributed by atoms with E-state index < -0.39 is 0 Å². The van der Waals surface area contributed by atoms with Gasteiger partial charge in [-0.1, -0.05) is 17.7 Å². The molecule has 0 bridgehead atoms. The van der Waals surface area contributed by atoms with Gasteiger partial charge in [-0.15, -0.1) is 11.8 Å². The first-order chi connectivity index (χ1) is 9.54. The molecule has 1 aromatic heterocycles. The van der Waals surface area contributed by atoms with Crippen LogP contribution in [0.2, 0.25) is 5.02 Å². The number of aromatic nitrogens is 1. The minimum absolute atomic E-state index is 0.0127. The zero-order valence-electron chi connectivity index (χ0n) is 11.6. The molecule has 20 heavy (non-hydrogen) atoms. The third kappa shape index (κ3) is 3.02. The fraction of sp³-hybridized carbons (Fsp3) is 0.267. The van der Waals surface area contributed by atoms with Crippen molar-refractivity contribution in [3.63, 3.8) is 0 Å². The Morgan fingerprint density at radius 3 is 2.70 bits per heavy atom. The molecular weight excluding hydrogens is 294 g/mol. The van der Waals surface area contributed by atoms with Crippen LogP contribution in [0.15, 0.2) is 35.1 Å². The predicted molar refractivity (Wildman–Crippen MR) is 85.9 cm³/mol. The Hall–Kier alpha value is -1.39. The normalized spacial score (nSPS) is 10.6. The highest BCUT2D eigenvalue weighted by Crippen LogP contribution is 2.30. The van der Waals surface area contributed by atoms with Gasteiger partial charge in [0.2, 0.25) is 0 Å². The number of nitrogens with zero attached hydrogens (tertiary/aromatic N) is 1. The number of hydrogen-bond donors (Lipinski definition) is 0. The summed E-state index contributed by atoms with van der Waals surface area (Å²) in [4.78, 5) is 12.0. The van der Waals surface area contributed by atoms with Crippen LogP contribution in [0.5, 0.6) is 5.75 Å². The van der Waals surface area contributed by atoms with E-state index in [1.165, 1.54) is 0 Å². The van der Waals surface area contributed by atoms with Crippen LogP contribution >= 0.6 is 23.4 Å². The Bertz CT molecular complexity index is 682. The van der Waals surface area contributed by atoms with Crippen LogP contribution < -0.4 is 10.3 Å². The van der Waals surface area contributed by atoms with Crippen LogP contribution in [-0.4, -0.2) is 16.8 Å². The van der Waals surface area contributed by atoms with Crippen molar-refractivity contribution in [2.75, 3.05) is 12.2 Å². The lowest BCUT2D eigenvalue weighted by Crippen LogP contribution is -2.20. The van der Waals surface area contributed by atoms with Crippen molar-refractivity contribution < 1.29 is 4.74 Å². The van der Waals surface area contributed by atoms with Crippen molar-refractivity contribution in [1.82, 2.24) is 4.57 Å². The molecule has 0 fully saturated rings. The van der Waals surface area contributed by atoms with E-state index in [0.717, 1.165) is 17.0 Å². The smallest absolute Gasteiger partial charge is 0.253 e. The van der Waals surface area contributed by atoms with Crippen LogP contribution in [0.3, 0.4) is 0 Å². The van der Waals surface area contributed by atoms with E-state index in [1.807, 2.05) is 30.5 Å². The topological polar surface area (TPSA) is 31.2 Å². The number of rotatable bonds is 4. The molecule has 0 amide bonds. The van der Waals surface area contributed by atoms with Gasteiger partial charge in [0.05, 0.1) is 10.7 Å². The molecule has 0 N–H and O–H groups in total. The summed E-state index contributed by atoms with van der Waals surface area (Å²) >= 11 is 7.90. The number of ether oxygens (including phenoxy) is 1. The third-order valence-corrected chi connectivity index (χ3v) is 3.72. The van der Waals surface area contributed by atoms with Gasteiger partial charge in [0.25, 0.3) is 5.56 Å². The summed E-state index contributed by atoms with van der Waals surface area (Å²) in [6.07, 6.45) is 1.97. The van der Waals surface area contributed by atoms with Crippen LogP contribution in [0.4, 0.5) is 0 Å². The average molecular weight is 310 g/mol. The number of halogens is 1. The zero-order chi connectivity index (χ0) is 14.7. The number of aryl methyl sites for hydroxylation is 1. The second-order valence-electron chi connectivity index (χ2n) is 4.46. The molecule has 0 saturated heterocycles. The van der Waals surface area contributed by atoms with Gasteiger partial charge in [0.1, 0.15) is 11.7 Å². The van der Waals surface area contributed by atoms with Crippen molar-refractivity contribution in [3.05, 3.63) is 51.3 Å². The van der Waals surface area contributed by atoms with E-state index in [-0.39, 0.29) is 5.56 Å². The van der Waals surface area contributed by atoms with E-state index in [2.05, 4.69) is 0 Å². The Balaban J connectivity index is 2.44. The van der Waals surface area contributed by atoms with Gasteiger partial charge in [-0.3, -0.25) is 4.79 Å². The molecule has 2 aromatic rings. The van der Waals surface area contributed by atoms with Crippen LogP contribution in [-0.2, 0) is 7.05 Å². The van der Waals surface area contributed by atoms with Gasteiger partial charge >= 0.3 is 0 Å². The lowest BCUT2D eigenvalue weighted by Gasteiger charge is -2.12. The maximum atomic E-state index is 12.0. The second kappa shape index (κ2) is 6.37. The second-order valence-corrected chi connectivity index (χ2v) is 5.68. The van der Waals surface area contributed by atoms with Gasteiger partial charge in [-0.25, -0.2) is 0 Å². The molecule has 5 heteroatoms. The highest BCUT2D eigenvalue weighted by atomic mass is 35.5. The molecule has 106 valence electrons. The van der Waals surface area contributed by atoms with E-state index in [0.29, 0.717) is 16.5 Å². The van der Waals surface area contributed by atoms with E-state index in [9.17, 15) is 4.79 Å². The minimum atomic E-state index is -0.0127. The van der Waals surface area contributed by atoms with Gasteiger partial charge in [0.15, 0.2) is 0 Å². The average Bonchev–Trinajstić information content (AvgIpc) is 2.44. The van der Waals surface area contributed by atoms with Gasteiger partial charge in [0, 0.05) is 18.2 Å². The van der Waals surface area contributed by atoms with Gasteiger partial charge < -0.3 is 9.30 Å². The summed E-state index contributed by atoms with van der Waals surface area (Å²) < 4.78 is 7.12. The highest BCUT2D eigenvalue weighted by molar-refractivity contribution is 7.98. The van der Waals surface area contributed by atoms with Crippen molar-refractivity contribution in [1.29, 1.82) is 0 Å². The quantitative estimate of drug-likeness (QED) is 0.807. The molecular formula is C15H16ClNO2S. The Morgan fingerprint density at radius 2 is 2.05 bits per heavy atom. The summed E-state index contributed by atoms with van der Waals surface area (Å²) in [6.45, 7) is 1.80. The molecule has 0 aliphatic carbocycles. The van der Waals surface area contributed by atoms with E-state index >= 15 is 0 Å². The SMILES string of the molecule is CSCOc1ccc(-c2ccc(C)c(=O)n2C)c(Cl)c1. The molecule has 0 saturated carbocycles. The maximum Gasteiger partial charge on any atom is 0.253 e. The minimum Gasteiger partial charge on any atom is -0.483 e. The monoisotopic (exact) mass is 309 g/mol. The fourth-order valence-electron chi connectivity index (χ4n) is 1.95. The molecule has 0 aliphatic heterocycles. The lowest BCUT2D eigenvalue weighted by molar-refractivity contribution is 0.393. The van der Waals surface area contributed by atoms with Crippen molar-refractivity contribution in [2.45, 2.75) is 6.92 Å². The van der Waals surface area contributed by atoms with Gasteiger partial charge in [-0.2, -0.15) is 0 Å². The fourth-order valence-corrected chi connectivity index (χ4v) is 2.47. The first-order valence-corrected chi connectivity index (χ1v) is 7.90. The molecule has 1 heterocycles. The molecule has 1 aromatic carbocycles. The number of benzene rings is 1.